The van der Waals surface area contributed by atoms with Crippen molar-refractivity contribution in [3.8, 4) is 5.75 Å². The van der Waals surface area contributed by atoms with Crippen LogP contribution < -0.4 is 10.1 Å². The summed E-state index contributed by atoms with van der Waals surface area (Å²) in [6.07, 6.45) is 0. The number of halogens is 1. The van der Waals surface area contributed by atoms with Crippen molar-refractivity contribution >= 4 is 28.1 Å². The molecule has 1 heterocycles. The van der Waals surface area contributed by atoms with Crippen LogP contribution in [0.1, 0.15) is 5.69 Å². The van der Waals surface area contributed by atoms with Gasteiger partial charge in [0.15, 0.2) is 5.13 Å². The van der Waals surface area contributed by atoms with Gasteiger partial charge in [0.1, 0.15) is 12.4 Å². The molecule has 1 aromatic carbocycles. The Morgan fingerprint density at radius 1 is 1.35 bits per heavy atom. The normalized spacial score (nSPS) is 10.2. The number of hydrogen-bond donors (Lipinski definition) is 1. The van der Waals surface area contributed by atoms with E-state index in [1.807, 2.05) is 36.6 Å². The zero-order valence-corrected chi connectivity index (χ0v) is 11.0. The van der Waals surface area contributed by atoms with Crippen LogP contribution in [0.5, 0.6) is 5.75 Å². The molecule has 0 aliphatic carbocycles. The fourth-order valence-electron chi connectivity index (χ4n) is 1.29. The topological polar surface area (TPSA) is 34.1 Å². The van der Waals surface area contributed by atoms with Gasteiger partial charge in [-0.1, -0.05) is 11.6 Å². The molecule has 1 N–H and O–H groups in total. The Kier molecular flexibility index (Phi) is 4.23. The summed E-state index contributed by atoms with van der Waals surface area (Å²) < 4.78 is 5.55. The second-order valence-electron chi connectivity index (χ2n) is 3.52. The average molecular weight is 269 g/mol. The predicted molar refractivity (Wildman–Crippen MR) is 72.3 cm³/mol. The molecule has 2 rings (SSSR count). The Morgan fingerprint density at radius 3 is 2.76 bits per heavy atom. The van der Waals surface area contributed by atoms with Gasteiger partial charge < -0.3 is 10.1 Å². The van der Waals surface area contributed by atoms with E-state index in [2.05, 4.69) is 10.3 Å². The van der Waals surface area contributed by atoms with Gasteiger partial charge in [-0.15, -0.1) is 11.3 Å². The number of nitrogens with one attached hydrogen (secondary N) is 1. The Morgan fingerprint density at radius 2 is 2.12 bits per heavy atom. The van der Waals surface area contributed by atoms with Gasteiger partial charge in [-0.05, 0) is 31.2 Å². The van der Waals surface area contributed by atoms with Crippen LogP contribution in [0.2, 0.25) is 5.02 Å². The largest absolute Gasteiger partial charge is 0.492 e. The molecule has 0 aliphatic heterocycles. The van der Waals surface area contributed by atoms with Gasteiger partial charge in [-0.3, -0.25) is 0 Å². The molecule has 0 atom stereocenters. The van der Waals surface area contributed by atoms with E-state index in [0.29, 0.717) is 11.6 Å². The molecule has 0 aliphatic rings. The number of ether oxygens (including phenoxy) is 1. The number of aromatic nitrogens is 1. The first-order valence-electron chi connectivity index (χ1n) is 5.28. The third-order valence-electron chi connectivity index (χ3n) is 2.08. The highest BCUT2D eigenvalue weighted by molar-refractivity contribution is 7.13. The van der Waals surface area contributed by atoms with Crippen molar-refractivity contribution in [3.63, 3.8) is 0 Å². The van der Waals surface area contributed by atoms with Crippen LogP contribution in [0.15, 0.2) is 29.6 Å². The first-order chi connectivity index (χ1) is 8.24. The third-order valence-corrected chi connectivity index (χ3v) is 3.25. The lowest BCUT2D eigenvalue weighted by Gasteiger charge is -2.06. The number of thiazole rings is 1. The van der Waals surface area contributed by atoms with Gasteiger partial charge in [0.2, 0.25) is 0 Å². The monoisotopic (exact) mass is 268 g/mol. The number of anilines is 1. The van der Waals surface area contributed by atoms with Crippen LogP contribution in [0, 0.1) is 6.92 Å². The highest BCUT2D eigenvalue weighted by atomic mass is 35.5. The summed E-state index contributed by atoms with van der Waals surface area (Å²) in [6.45, 7) is 3.31. The van der Waals surface area contributed by atoms with E-state index >= 15 is 0 Å². The molecule has 90 valence electrons. The lowest BCUT2D eigenvalue weighted by Crippen LogP contribution is -2.11. The van der Waals surface area contributed by atoms with E-state index < -0.39 is 0 Å². The molecule has 17 heavy (non-hydrogen) atoms. The minimum Gasteiger partial charge on any atom is -0.492 e. The van der Waals surface area contributed by atoms with E-state index in [4.69, 9.17) is 16.3 Å². The second kappa shape index (κ2) is 5.89. The van der Waals surface area contributed by atoms with Crippen LogP contribution in [-0.2, 0) is 0 Å². The van der Waals surface area contributed by atoms with Crippen LogP contribution in [-0.4, -0.2) is 18.1 Å². The van der Waals surface area contributed by atoms with Crippen LogP contribution in [0.3, 0.4) is 0 Å². The van der Waals surface area contributed by atoms with Crippen molar-refractivity contribution in [2.45, 2.75) is 6.92 Å². The van der Waals surface area contributed by atoms with Crippen molar-refractivity contribution < 1.29 is 4.74 Å². The molecule has 3 nitrogen and oxygen atoms in total. The van der Waals surface area contributed by atoms with E-state index in [-0.39, 0.29) is 0 Å². The lowest BCUT2D eigenvalue weighted by atomic mass is 10.3. The lowest BCUT2D eigenvalue weighted by molar-refractivity contribution is 0.333. The van der Waals surface area contributed by atoms with Gasteiger partial charge in [0.05, 0.1) is 12.2 Å². The fraction of sp³-hybridized carbons (Fsp3) is 0.250. The number of rotatable bonds is 5. The molecule has 0 spiro atoms. The molecule has 5 heteroatoms. The molecule has 0 unspecified atom stereocenters. The summed E-state index contributed by atoms with van der Waals surface area (Å²) in [4.78, 5) is 4.30. The fourth-order valence-corrected chi connectivity index (χ4v) is 2.14. The molecule has 0 amide bonds. The smallest absolute Gasteiger partial charge is 0.182 e. The van der Waals surface area contributed by atoms with Gasteiger partial charge >= 0.3 is 0 Å². The standard InChI is InChI=1S/C12H13ClN2OS/c1-9-8-17-12(15-9)14-6-7-16-11-4-2-10(13)3-5-11/h2-5,8H,6-7H2,1H3,(H,14,15). The third kappa shape index (κ3) is 3.91. The highest BCUT2D eigenvalue weighted by Crippen LogP contribution is 2.16. The molecule has 0 bridgehead atoms. The van der Waals surface area contributed by atoms with Crippen molar-refractivity contribution in [3.05, 3.63) is 40.4 Å². The maximum absolute atomic E-state index is 5.78. The Hall–Kier alpha value is -1.26. The number of hydrogen-bond acceptors (Lipinski definition) is 4. The summed E-state index contributed by atoms with van der Waals surface area (Å²) in [5.74, 6) is 0.825. The van der Waals surface area contributed by atoms with Crippen LogP contribution >= 0.6 is 22.9 Å². The maximum Gasteiger partial charge on any atom is 0.182 e. The van der Waals surface area contributed by atoms with Crippen LogP contribution in [0.4, 0.5) is 5.13 Å². The maximum atomic E-state index is 5.78. The van der Waals surface area contributed by atoms with Crippen molar-refractivity contribution in [1.82, 2.24) is 4.98 Å². The number of benzene rings is 1. The second-order valence-corrected chi connectivity index (χ2v) is 4.82. The molecule has 2 aromatic rings. The van der Waals surface area contributed by atoms with E-state index in [1.165, 1.54) is 0 Å². The molecule has 0 saturated carbocycles. The molecular weight excluding hydrogens is 256 g/mol. The quantitative estimate of drug-likeness (QED) is 0.842. The van der Waals surface area contributed by atoms with Crippen molar-refractivity contribution in [1.29, 1.82) is 0 Å². The average Bonchev–Trinajstić information content (AvgIpc) is 2.73. The van der Waals surface area contributed by atoms with Gasteiger partial charge in [0, 0.05) is 10.4 Å². The zero-order chi connectivity index (χ0) is 12.1. The van der Waals surface area contributed by atoms with E-state index in [0.717, 1.165) is 23.1 Å². The van der Waals surface area contributed by atoms with Crippen molar-refractivity contribution in [2.75, 3.05) is 18.5 Å². The summed E-state index contributed by atoms with van der Waals surface area (Å²) in [6, 6.07) is 7.34. The van der Waals surface area contributed by atoms with Crippen LogP contribution in [0.25, 0.3) is 0 Å². The van der Waals surface area contributed by atoms with E-state index in [9.17, 15) is 0 Å². The molecular formula is C12H13ClN2OS. The SMILES string of the molecule is Cc1csc(NCCOc2ccc(Cl)cc2)n1. The Bertz CT molecular complexity index is 470. The van der Waals surface area contributed by atoms with Crippen molar-refractivity contribution in [2.24, 2.45) is 0 Å². The molecule has 0 saturated heterocycles. The minimum atomic E-state index is 0.597. The number of aryl methyl sites for hydroxylation is 1. The Balaban J connectivity index is 1.71. The van der Waals surface area contributed by atoms with Gasteiger partial charge in [-0.25, -0.2) is 4.98 Å². The Labute approximate surface area is 109 Å². The summed E-state index contributed by atoms with van der Waals surface area (Å²) >= 11 is 7.38. The molecule has 0 radical (unpaired) electrons. The highest BCUT2D eigenvalue weighted by Gasteiger charge is 1.97. The minimum absolute atomic E-state index is 0.597. The first kappa shape index (κ1) is 12.2. The summed E-state index contributed by atoms with van der Waals surface area (Å²) in [5.41, 5.74) is 1.04. The number of nitrogens with zero attached hydrogens (tertiary/aromatic N) is 1. The molecule has 0 fully saturated rings. The van der Waals surface area contributed by atoms with Gasteiger partial charge in [-0.2, -0.15) is 0 Å². The van der Waals surface area contributed by atoms with Gasteiger partial charge in [0.25, 0.3) is 0 Å². The molecule has 1 aromatic heterocycles. The zero-order valence-electron chi connectivity index (χ0n) is 9.44. The van der Waals surface area contributed by atoms with E-state index in [1.54, 1.807) is 11.3 Å². The predicted octanol–water partition coefficient (Wildman–Crippen LogP) is 3.60. The first-order valence-corrected chi connectivity index (χ1v) is 6.54. The summed E-state index contributed by atoms with van der Waals surface area (Å²) in [5, 5.41) is 6.87. The summed E-state index contributed by atoms with van der Waals surface area (Å²) in [7, 11) is 0.